The average molecular weight is 570 g/mol. The summed E-state index contributed by atoms with van der Waals surface area (Å²) in [7, 11) is -4.13. The Morgan fingerprint density at radius 1 is 0.949 bits per heavy atom. The summed E-state index contributed by atoms with van der Waals surface area (Å²) in [5.74, 6) is -0.783. The van der Waals surface area contributed by atoms with Gasteiger partial charge in [0.25, 0.3) is 10.0 Å². The van der Waals surface area contributed by atoms with Crippen LogP contribution in [0.25, 0.3) is 0 Å². The molecular weight excluding hydrogens is 534 g/mol. The Kier molecular flexibility index (Phi) is 10.5. The number of halogens is 1. The minimum atomic E-state index is -4.13. The molecule has 39 heavy (non-hydrogen) atoms. The van der Waals surface area contributed by atoms with Gasteiger partial charge < -0.3 is 10.2 Å². The summed E-state index contributed by atoms with van der Waals surface area (Å²) in [6, 6.07) is 21.6. The van der Waals surface area contributed by atoms with Gasteiger partial charge in [-0.05, 0) is 69.5 Å². The fourth-order valence-corrected chi connectivity index (χ4v) is 5.62. The van der Waals surface area contributed by atoms with Crippen molar-refractivity contribution < 1.29 is 18.0 Å². The Morgan fingerprint density at radius 3 is 2.23 bits per heavy atom. The van der Waals surface area contributed by atoms with Crippen molar-refractivity contribution in [2.24, 2.45) is 0 Å². The van der Waals surface area contributed by atoms with Crippen molar-refractivity contribution in [1.82, 2.24) is 10.2 Å². The third-order valence-corrected chi connectivity index (χ3v) is 8.66. The summed E-state index contributed by atoms with van der Waals surface area (Å²) in [4.78, 5) is 28.4. The maximum Gasteiger partial charge on any atom is 0.264 e. The Balaban J connectivity index is 1.97. The minimum Gasteiger partial charge on any atom is -0.352 e. The summed E-state index contributed by atoms with van der Waals surface area (Å²) in [6.45, 7) is 7.14. The molecule has 3 aromatic rings. The standard InChI is InChI=1S/C30H36ClN3O4S/c1-5-23(3)32-30(36)24(4)33(19-18-25-10-7-6-8-11-25)29(35)21-34(27-13-9-12-26(31)20-27)39(37,38)28-16-14-22(2)15-17-28/h6-17,20,23-24H,5,18-19,21H2,1-4H3,(H,32,36)/t23-,24-/m1/s1. The fraction of sp³-hybridized carbons (Fsp3) is 0.333. The number of carbonyl (C=O) groups excluding carboxylic acids is 2. The number of hydrogen-bond acceptors (Lipinski definition) is 4. The zero-order chi connectivity index (χ0) is 28.6. The highest BCUT2D eigenvalue weighted by Crippen LogP contribution is 2.27. The van der Waals surface area contributed by atoms with E-state index < -0.39 is 28.5 Å². The molecule has 3 aromatic carbocycles. The molecule has 3 rings (SSSR count). The normalized spacial score (nSPS) is 12.8. The number of nitrogens with one attached hydrogen (secondary N) is 1. The van der Waals surface area contributed by atoms with Crippen molar-refractivity contribution in [2.45, 2.75) is 57.5 Å². The first kappa shape index (κ1) is 30.2. The molecule has 0 aliphatic heterocycles. The van der Waals surface area contributed by atoms with E-state index in [2.05, 4.69) is 5.32 Å². The smallest absolute Gasteiger partial charge is 0.264 e. The molecule has 9 heteroatoms. The quantitative estimate of drug-likeness (QED) is 0.324. The topological polar surface area (TPSA) is 86.8 Å². The molecule has 0 saturated heterocycles. The zero-order valence-corrected chi connectivity index (χ0v) is 24.4. The molecule has 0 spiro atoms. The molecule has 0 saturated carbocycles. The molecule has 7 nitrogen and oxygen atoms in total. The summed E-state index contributed by atoms with van der Waals surface area (Å²) < 4.78 is 28.7. The number of anilines is 1. The van der Waals surface area contributed by atoms with Crippen molar-refractivity contribution >= 4 is 39.1 Å². The number of carbonyl (C=O) groups is 2. The van der Waals surface area contributed by atoms with Gasteiger partial charge in [0.2, 0.25) is 11.8 Å². The van der Waals surface area contributed by atoms with Crippen LogP contribution in [0.4, 0.5) is 5.69 Å². The second kappa shape index (κ2) is 13.6. The van der Waals surface area contributed by atoms with E-state index in [1.165, 1.54) is 23.1 Å². The van der Waals surface area contributed by atoms with Gasteiger partial charge >= 0.3 is 0 Å². The number of hydrogen-bond donors (Lipinski definition) is 1. The number of rotatable bonds is 12. The van der Waals surface area contributed by atoms with Gasteiger partial charge in [-0.1, -0.05) is 72.6 Å². The number of nitrogens with zero attached hydrogens (tertiary/aromatic N) is 2. The first-order valence-corrected chi connectivity index (χ1v) is 14.8. The summed E-state index contributed by atoms with van der Waals surface area (Å²) in [6.07, 6.45) is 1.25. The zero-order valence-electron chi connectivity index (χ0n) is 22.8. The highest BCUT2D eigenvalue weighted by molar-refractivity contribution is 7.92. The maximum absolute atomic E-state index is 13.9. The van der Waals surface area contributed by atoms with Gasteiger partial charge in [-0.3, -0.25) is 13.9 Å². The van der Waals surface area contributed by atoms with Gasteiger partial charge in [-0.25, -0.2) is 8.42 Å². The third-order valence-electron chi connectivity index (χ3n) is 6.64. The van der Waals surface area contributed by atoms with E-state index in [9.17, 15) is 18.0 Å². The third kappa shape index (κ3) is 8.07. The molecule has 0 heterocycles. The number of aryl methyl sites for hydroxylation is 1. The van der Waals surface area contributed by atoms with Gasteiger partial charge in [0.05, 0.1) is 10.6 Å². The maximum atomic E-state index is 13.9. The van der Waals surface area contributed by atoms with E-state index in [0.717, 1.165) is 21.9 Å². The van der Waals surface area contributed by atoms with Crippen LogP contribution in [-0.2, 0) is 26.0 Å². The van der Waals surface area contributed by atoms with Crippen LogP contribution in [0.5, 0.6) is 0 Å². The van der Waals surface area contributed by atoms with Crippen LogP contribution in [0.15, 0.2) is 83.8 Å². The van der Waals surface area contributed by atoms with Gasteiger partial charge in [-0.15, -0.1) is 0 Å². The Bertz CT molecular complexity index is 1360. The molecule has 208 valence electrons. The molecule has 1 N–H and O–H groups in total. The fourth-order valence-electron chi connectivity index (χ4n) is 4.03. The van der Waals surface area contributed by atoms with Crippen LogP contribution >= 0.6 is 11.6 Å². The first-order chi connectivity index (χ1) is 18.5. The molecular formula is C30H36ClN3O4S. The Morgan fingerprint density at radius 2 is 1.62 bits per heavy atom. The van der Waals surface area contributed by atoms with Gasteiger partial charge in [0, 0.05) is 17.6 Å². The van der Waals surface area contributed by atoms with Crippen LogP contribution in [0.1, 0.15) is 38.3 Å². The van der Waals surface area contributed by atoms with Crippen molar-refractivity contribution in [3.63, 3.8) is 0 Å². The largest absolute Gasteiger partial charge is 0.352 e. The van der Waals surface area contributed by atoms with Crippen molar-refractivity contribution in [1.29, 1.82) is 0 Å². The molecule has 0 bridgehead atoms. The lowest BCUT2D eigenvalue weighted by molar-refractivity contribution is -0.139. The second-order valence-corrected chi connectivity index (χ2v) is 11.9. The van der Waals surface area contributed by atoms with Crippen molar-refractivity contribution in [3.8, 4) is 0 Å². The lowest BCUT2D eigenvalue weighted by Gasteiger charge is -2.32. The van der Waals surface area contributed by atoms with Gasteiger partial charge in [-0.2, -0.15) is 0 Å². The summed E-state index contributed by atoms with van der Waals surface area (Å²) in [5, 5.41) is 3.27. The van der Waals surface area contributed by atoms with E-state index in [1.54, 1.807) is 37.3 Å². The lowest BCUT2D eigenvalue weighted by atomic mass is 10.1. The molecule has 2 atom stereocenters. The Hall–Kier alpha value is -3.36. The van der Waals surface area contributed by atoms with Crippen LogP contribution in [-0.4, -0.2) is 50.3 Å². The monoisotopic (exact) mass is 569 g/mol. The molecule has 0 unspecified atom stereocenters. The highest BCUT2D eigenvalue weighted by Gasteiger charge is 2.32. The van der Waals surface area contributed by atoms with E-state index in [-0.39, 0.29) is 29.1 Å². The molecule has 2 amide bonds. The Labute approximate surface area is 236 Å². The van der Waals surface area contributed by atoms with Crippen LogP contribution in [0.2, 0.25) is 5.02 Å². The minimum absolute atomic E-state index is 0.0549. The number of benzene rings is 3. The highest BCUT2D eigenvalue weighted by atomic mass is 35.5. The van der Waals surface area contributed by atoms with Crippen LogP contribution < -0.4 is 9.62 Å². The van der Waals surface area contributed by atoms with Gasteiger partial charge in [0.1, 0.15) is 12.6 Å². The second-order valence-electron chi connectivity index (χ2n) is 9.62. The SMILES string of the molecule is CC[C@@H](C)NC(=O)[C@@H](C)N(CCc1ccccc1)C(=O)CN(c1cccc(Cl)c1)S(=O)(=O)c1ccc(C)cc1. The summed E-state index contributed by atoms with van der Waals surface area (Å²) in [5.41, 5.74) is 2.17. The first-order valence-electron chi connectivity index (χ1n) is 13.0. The predicted molar refractivity (Wildman–Crippen MR) is 156 cm³/mol. The lowest BCUT2D eigenvalue weighted by Crippen LogP contribution is -2.53. The molecule has 0 aliphatic carbocycles. The van der Waals surface area contributed by atoms with Crippen LogP contribution in [0, 0.1) is 6.92 Å². The van der Waals surface area contributed by atoms with Crippen LogP contribution in [0.3, 0.4) is 0 Å². The number of sulfonamides is 1. The van der Waals surface area contributed by atoms with E-state index >= 15 is 0 Å². The average Bonchev–Trinajstić information content (AvgIpc) is 2.92. The molecule has 0 aromatic heterocycles. The molecule has 0 radical (unpaired) electrons. The van der Waals surface area contributed by atoms with E-state index in [4.69, 9.17) is 11.6 Å². The van der Waals surface area contributed by atoms with Gasteiger partial charge in [0.15, 0.2) is 0 Å². The number of amides is 2. The van der Waals surface area contributed by atoms with E-state index in [0.29, 0.717) is 11.4 Å². The predicted octanol–water partition coefficient (Wildman–Crippen LogP) is 5.22. The van der Waals surface area contributed by atoms with E-state index in [1.807, 2.05) is 51.1 Å². The van der Waals surface area contributed by atoms with Crippen molar-refractivity contribution in [3.05, 3.63) is 95.0 Å². The molecule has 0 fully saturated rings. The molecule has 0 aliphatic rings. The summed E-state index contributed by atoms with van der Waals surface area (Å²) >= 11 is 6.21. The van der Waals surface area contributed by atoms with Crippen molar-refractivity contribution in [2.75, 3.05) is 17.4 Å².